The van der Waals surface area contributed by atoms with Crippen LogP contribution in [0.4, 0.5) is 5.82 Å². The van der Waals surface area contributed by atoms with Crippen molar-refractivity contribution in [3.05, 3.63) is 17.8 Å². The Kier molecular flexibility index (Phi) is 3.39. The van der Waals surface area contributed by atoms with E-state index < -0.39 is 0 Å². The molecule has 1 aromatic heterocycles. The van der Waals surface area contributed by atoms with Gasteiger partial charge >= 0.3 is 0 Å². The lowest BCUT2D eigenvalue weighted by atomic mass is 10.2. The maximum atomic E-state index is 11.7. The van der Waals surface area contributed by atoms with Gasteiger partial charge < -0.3 is 15.6 Å². The van der Waals surface area contributed by atoms with Gasteiger partial charge in [-0.2, -0.15) is 0 Å². The minimum absolute atomic E-state index is 0.109. The van der Waals surface area contributed by atoms with Gasteiger partial charge in [0.1, 0.15) is 5.82 Å². The lowest BCUT2D eigenvalue weighted by molar-refractivity contribution is 0.0944. The number of carbonyl (C=O) groups is 1. The summed E-state index contributed by atoms with van der Waals surface area (Å²) >= 11 is 0. The molecule has 0 aliphatic heterocycles. The number of hydrogen-bond donors (Lipinski definition) is 2. The Hall–Kier alpha value is -1.45. The number of nitrogens with one attached hydrogen (secondary N) is 1. The highest BCUT2D eigenvalue weighted by atomic mass is 16.1. The minimum Gasteiger partial charge on any atom is -0.384 e. The molecule has 0 fully saturated rings. The molecule has 0 atom stereocenters. The van der Waals surface area contributed by atoms with E-state index in [9.17, 15) is 4.79 Å². The molecule has 4 nitrogen and oxygen atoms in total. The molecule has 3 N–H and O–H groups in total. The Morgan fingerprint density at radius 1 is 1.40 bits per heavy atom. The summed E-state index contributed by atoms with van der Waals surface area (Å²) in [5, 5.41) is 2.82. The van der Waals surface area contributed by atoms with Crippen molar-refractivity contribution in [3.8, 4) is 0 Å². The first-order valence-electron chi connectivity index (χ1n) is 5.20. The van der Waals surface area contributed by atoms with Crippen molar-refractivity contribution in [1.29, 1.82) is 0 Å². The zero-order chi connectivity index (χ0) is 11.6. The molecule has 1 amide bonds. The summed E-state index contributed by atoms with van der Waals surface area (Å²) in [5.41, 5.74) is 6.44. The highest BCUT2D eigenvalue weighted by Gasteiger charge is 2.15. The van der Waals surface area contributed by atoms with Crippen LogP contribution in [0.1, 0.15) is 44.1 Å². The van der Waals surface area contributed by atoms with E-state index >= 15 is 0 Å². The second-order valence-electron chi connectivity index (χ2n) is 4.24. The van der Waals surface area contributed by atoms with E-state index in [0.717, 1.165) is 0 Å². The van der Waals surface area contributed by atoms with E-state index in [1.165, 1.54) is 0 Å². The van der Waals surface area contributed by atoms with Crippen LogP contribution in [0.2, 0.25) is 0 Å². The molecule has 0 aliphatic rings. The fourth-order valence-electron chi connectivity index (χ4n) is 1.44. The number of amides is 1. The van der Waals surface area contributed by atoms with Gasteiger partial charge in [0.25, 0.3) is 5.91 Å². The molecule has 0 aliphatic carbocycles. The second kappa shape index (κ2) is 4.38. The Bertz CT molecular complexity index is 353. The predicted octanol–water partition coefficient (Wildman–Crippen LogP) is 1.79. The van der Waals surface area contributed by atoms with Crippen molar-refractivity contribution in [3.63, 3.8) is 0 Å². The van der Waals surface area contributed by atoms with Gasteiger partial charge in [0, 0.05) is 18.3 Å². The van der Waals surface area contributed by atoms with Crippen molar-refractivity contribution in [2.45, 2.75) is 39.8 Å². The van der Waals surface area contributed by atoms with Gasteiger partial charge in [-0.3, -0.25) is 4.79 Å². The van der Waals surface area contributed by atoms with Crippen LogP contribution in [0.5, 0.6) is 0 Å². The van der Waals surface area contributed by atoms with Crippen LogP contribution in [-0.4, -0.2) is 16.5 Å². The second-order valence-corrected chi connectivity index (χ2v) is 4.24. The van der Waals surface area contributed by atoms with Gasteiger partial charge in [-0.25, -0.2) is 0 Å². The minimum atomic E-state index is -0.109. The quantitative estimate of drug-likeness (QED) is 0.797. The van der Waals surface area contributed by atoms with Crippen molar-refractivity contribution in [2.75, 3.05) is 5.73 Å². The van der Waals surface area contributed by atoms with Crippen LogP contribution < -0.4 is 11.1 Å². The molecule has 0 spiro atoms. The smallest absolute Gasteiger partial charge is 0.255 e. The zero-order valence-electron chi connectivity index (χ0n) is 9.74. The predicted molar refractivity (Wildman–Crippen MR) is 61.8 cm³/mol. The largest absolute Gasteiger partial charge is 0.384 e. The van der Waals surface area contributed by atoms with Crippen LogP contribution in [0, 0.1) is 0 Å². The van der Waals surface area contributed by atoms with E-state index in [2.05, 4.69) is 5.32 Å². The third kappa shape index (κ3) is 2.52. The van der Waals surface area contributed by atoms with Crippen LogP contribution in [0.25, 0.3) is 0 Å². The summed E-state index contributed by atoms with van der Waals surface area (Å²) in [7, 11) is 0. The number of nitrogens with zero attached hydrogens (tertiary/aromatic N) is 1. The molecule has 1 aromatic rings. The fourth-order valence-corrected chi connectivity index (χ4v) is 1.44. The number of rotatable bonds is 3. The highest BCUT2D eigenvalue weighted by molar-refractivity contribution is 5.98. The average Bonchev–Trinajstić information content (AvgIpc) is 2.45. The standard InChI is InChI=1S/C11H19N3O/c1-7(2)13-11(15)9-5-6-14(8(3)4)10(9)12/h5-8H,12H2,1-4H3,(H,13,15). The monoisotopic (exact) mass is 209 g/mol. The topological polar surface area (TPSA) is 60.0 Å². The van der Waals surface area contributed by atoms with E-state index in [0.29, 0.717) is 11.4 Å². The summed E-state index contributed by atoms with van der Waals surface area (Å²) in [4.78, 5) is 11.7. The molecule has 84 valence electrons. The first-order valence-corrected chi connectivity index (χ1v) is 5.20. The molecule has 0 saturated carbocycles. The molecule has 15 heavy (non-hydrogen) atoms. The molecule has 1 rings (SSSR count). The number of anilines is 1. The number of nitrogen functional groups attached to an aromatic ring is 1. The molecular weight excluding hydrogens is 190 g/mol. The lowest BCUT2D eigenvalue weighted by Crippen LogP contribution is -2.30. The maximum absolute atomic E-state index is 11.7. The van der Waals surface area contributed by atoms with Crippen molar-refractivity contribution in [1.82, 2.24) is 9.88 Å². The number of hydrogen-bond acceptors (Lipinski definition) is 2. The number of aromatic nitrogens is 1. The van der Waals surface area contributed by atoms with E-state index in [4.69, 9.17) is 5.73 Å². The lowest BCUT2D eigenvalue weighted by Gasteiger charge is -2.11. The first-order chi connectivity index (χ1) is 6.93. The third-order valence-corrected chi connectivity index (χ3v) is 2.18. The highest BCUT2D eigenvalue weighted by Crippen LogP contribution is 2.18. The molecule has 0 radical (unpaired) electrons. The maximum Gasteiger partial charge on any atom is 0.255 e. The Labute approximate surface area is 90.5 Å². The molecule has 0 aromatic carbocycles. The normalized spacial score (nSPS) is 11.1. The van der Waals surface area contributed by atoms with Gasteiger partial charge in [-0.05, 0) is 33.8 Å². The van der Waals surface area contributed by atoms with E-state index in [1.807, 2.05) is 38.5 Å². The molecule has 0 bridgehead atoms. The van der Waals surface area contributed by atoms with Crippen LogP contribution in [-0.2, 0) is 0 Å². The molecule has 0 saturated heterocycles. The molecular formula is C11H19N3O. The summed E-state index contributed by atoms with van der Waals surface area (Å²) in [6, 6.07) is 2.15. The average molecular weight is 209 g/mol. The van der Waals surface area contributed by atoms with Gasteiger partial charge in [-0.1, -0.05) is 0 Å². The van der Waals surface area contributed by atoms with Gasteiger partial charge in [0.2, 0.25) is 0 Å². The van der Waals surface area contributed by atoms with Crippen LogP contribution in [0.15, 0.2) is 12.3 Å². The summed E-state index contributed by atoms with van der Waals surface area (Å²) in [5.74, 6) is 0.421. The molecule has 0 unspecified atom stereocenters. The molecule has 1 heterocycles. The first kappa shape index (κ1) is 11.6. The third-order valence-electron chi connectivity index (χ3n) is 2.18. The van der Waals surface area contributed by atoms with Crippen molar-refractivity contribution in [2.24, 2.45) is 0 Å². The Morgan fingerprint density at radius 3 is 2.40 bits per heavy atom. The summed E-state index contributed by atoms with van der Waals surface area (Å²) in [6.45, 7) is 7.90. The Morgan fingerprint density at radius 2 is 2.00 bits per heavy atom. The van der Waals surface area contributed by atoms with Gasteiger partial charge in [0.15, 0.2) is 0 Å². The van der Waals surface area contributed by atoms with Gasteiger partial charge in [0.05, 0.1) is 5.56 Å². The van der Waals surface area contributed by atoms with Gasteiger partial charge in [-0.15, -0.1) is 0 Å². The molecule has 4 heteroatoms. The summed E-state index contributed by atoms with van der Waals surface area (Å²) < 4.78 is 1.88. The Balaban J connectivity index is 2.91. The fraction of sp³-hybridized carbons (Fsp3) is 0.545. The number of nitrogens with two attached hydrogens (primary N) is 1. The zero-order valence-corrected chi connectivity index (χ0v) is 9.74. The van der Waals surface area contributed by atoms with Crippen molar-refractivity contribution >= 4 is 11.7 Å². The summed E-state index contributed by atoms with van der Waals surface area (Å²) in [6.07, 6.45) is 1.84. The van der Waals surface area contributed by atoms with E-state index in [-0.39, 0.29) is 18.0 Å². The van der Waals surface area contributed by atoms with Crippen LogP contribution in [0.3, 0.4) is 0 Å². The number of carbonyl (C=O) groups excluding carboxylic acids is 1. The van der Waals surface area contributed by atoms with E-state index in [1.54, 1.807) is 6.07 Å². The van der Waals surface area contributed by atoms with Crippen LogP contribution >= 0.6 is 0 Å². The SMILES string of the molecule is CC(C)NC(=O)c1ccn(C(C)C)c1N. The van der Waals surface area contributed by atoms with Crippen molar-refractivity contribution < 1.29 is 4.79 Å².